The smallest absolute Gasteiger partial charge is 0.333 e. The molecule has 0 saturated heterocycles. The summed E-state index contributed by atoms with van der Waals surface area (Å²) in [6.07, 6.45) is 0. The molecule has 3 aliphatic heterocycles. The zero-order valence-corrected chi connectivity index (χ0v) is 32.7. The molecule has 3 nitrogen and oxygen atoms in total. The van der Waals surface area contributed by atoms with Crippen molar-refractivity contribution in [2.24, 2.45) is 0 Å². The van der Waals surface area contributed by atoms with Crippen LogP contribution in [0.1, 0.15) is 0 Å². The number of hydrogen-bond acceptors (Lipinski definition) is 2. The lowest BCUT2D eigenvalue weighted by Gasteiger charge is -2.40. The minimum atomic E-state index is -0.0850. The third kappa shape index (κ3) is 4.56. The van der Waals surface area contributed by atoms with E-state index in [9.17, 15) is 0 Å². The number of benzene rings is 9. The molecule has 278 valence electrons. The molecule has 0 spiro atoms. The summed E-state index contributed by atoms with van der Waals surface area (Å²) < 4.78 is 2.71. The summed E-state index contributed by atoms with van der Waals surface area (Å²) >= 11 is 0. The Hall–Kier alpha value is -7.82. The number of para-hydroxylation sites is 4. The van der Waals surface area contributed by atoms with Gasteiger partial charge in [-0.3, -0.25) is 0 Å². The second-order valence-corrected chi connectivity index (χ2v) is 16.0. The Morgan fingerprint density at radius 3 is 1.50 bits per heavy atom. The van der Waals surface area contributed by atoms with Gasteiger partial charge in [0.25, 0.3) is 0 Å². The normalized spacial score (nSPS) is 12.9. The molecule has 4 heteroatoms. The fourth-order valence-corrected chi connectivity index (χ4v) is 10.6. The van der Waals surface area contributed by atoms with E-state index in [4.69, 9.17) is 0 Å². The molecular formula is C56H36BN3. The van der Waals surface area contributed by atoms with Gasteiger partial charge in [-0.15, -0.1) is 0 Å². The first kappa shape index (κ1) is 33.2. The molecule has 0 saturated carbocycles. The Kier molecular flexibility index (Phi) is 7.10. The van der Waals surface area contributed by atoms with Crippen molar-refractivity contribution in [3.63, 3.8) is 0 Å². The lowest BCUT2D eigenvalue weighted by molar-refractivity contribution is 1.23. The third-order valence-corrected chi connectivity index (χ3v) is 12.9. The first-order chi connectivity index (χ1) is 29.8. The Balaban J connectivity index is 1.22. The van der Waals surface area contributed by atoms with Crippen molar-refractivity contribution >= 4 is 62.8 Å². The maximum Gasteiger partial charge on any atom is 0.333 e. The van der Waals surface area contributed by atoms with Crippen LogP contribution in [0.25, 0.3) is 66.7 Å². The minimum Gasteiger partial charge on any atom is -0.375 e. The van der Waals surface area contributed by atoms with Crippen molar-refractivity contribution in [1.29, 1.82) is 0 Å². The zero-order chi connectivity index (χ0) is 39.3. The van der Waals surface area contributed by atoms with Gasteiger partial charge in [0.05, 0.1) is 17.1 Å². The lowest BCUT2D eigenvalue weighted by Crippen LogP contribution is -2.56. The van der Waals surface area contributed by atoms with Crippen LogP contribution in [0.5, 0.6) is 0 Å². The highest BCUT2D eigenvalue weighted by atomic mass is 15.2. The minimum absolute atomic E-state index is 0.0850. The van der Waals surface area contributed by atoms with E-state index in [1.807, 2.05) is 0 Å². The van der Waals surface area contributed by atoms with Gasteiger partial charge in [0.2, 0.25) is 0 Å². The van der Waals surface area contributed by atoms with Crippen molar-refractivity contribution in [1.82, 2.24) is 4.48 Å². The molecule has 0 fully saturated rings. The monoisotopic (exact) mass is 761 g/mol. The van der Waals surface area contributed by atoms with Crippen LogP contribution in [0.4, 0.5) is 34.1 Å². The van der Waals surface area contributed by atoms with E-state index in [0.29, 0.717) is 0 Å². The topological polar surface area (TPSA) is 11.4 Å². The predicted octanol–water partition coefficient (Wildman–Crippen LogP) is 13.5. The van der Waals surface area contributed by atoms with Crippen LogP contribution in [0, 0.1) is 0 Å². The van der Waals surface area contributed by atoms with Crippen LogP contribution in [-0.4, -0.2) is 11.3 Å². The summed E-state index contributed by atoms with van der Waals surface area (Å²) in [4.78, 5) is 5.01. The first-order valence-corrected chi connectivity index (χ1v) is 20.8. The zero-order valence-electron chi connectivity index (χ0n) is 32.7. The van der Waals surface area contributed by atoms with Gasteiger partial charge < -0.3 is 14.3 Å². The average molecular weight is 762 g/mol. The number of hydrogen-bond donors (Lipinski definition) is 0. The fraction of sp³-hybridized carbons (Fsp3) is 0. The van der Waals surface area contributed by atoms with Crippen LogP contribution >= 0.6 is 0 Å². The van der Waals surface area contributed by atoms with Gasteiger partial charge in [0.15, 0.2) is 0 Å². The Morgan fingerprint density at radius 2 is 0.833 bits per heavy atom. The third-order valence-electron chi connectivity index (χ3n) is 12.9. The standard InChI is InChI=1S/C56H36BN3/c1-4-19-37(20-5-1)52-53-50(59-47-31-15-12-27-42(47)40-25-10-11-26-41(40)43-28-13-16-32-48(43)59)36-35-45-44-29-18-34-51-54(44)57(60(56(45)53)55(52)38-21-6-2-7-22-38)46-30-14-17-33-49(46)58(51)39-23-8-3-9-24-39/h1-36H. The largest absolute Gasteiger partial charge is 0.375 e. The molecule has 10 aromatic rings. The Bertz CT molecular complexity index is 3270. The highest BCUT2D eigenvalue weighted by Gasteiger charge is 2.44. The summed E-state index contributed by atoms with van der Waals surface area (Å²) in [5.41, 5.74) is 23.2. The number of aromatic nitrogens is 1. The SMILES string of the molecule is c1ccc(-c2c(-c3ccccc3)n3c4c(ccc(N5c6ccccc6-c6ccccc6-c6ccccc65)c24)-c2cccc4c2B3c2ccccc2N4c2ccccc2)cc1. The molecule has 0 aliphatic carbocycles. The van der Waals surface area contributed by atoms with Crippen molar-refractivity contribution in [3.05, 3.63) is 218 Å². The summed E-state index contributed by atoms with van der Waals surface area (Å²) in [5.74, 6) is 0. The number of nitrogens with zero attached hydrogens (tertiary/aromatic N) is 3. The molecule has 4 heterocycles. The van der Waals surface area contributed by atoms with Crippen LogP contribution in [0.3, 0.4) is 0 Å². The number of fused-ring (bicyclic) bond motifs is 9. The molecule has 9 aromatic carbocycles. The summed E-state index contributed by atoms with van der Waals surface area (Å²) in [7, 11) is 0. The summed E-state index contributed by atoms with van der Waals surface area (Å²) in [6, 6.07) is 80.6. The van der Waals surface area contributed by atoms with Gasteiger partial charge in [-0.1, -0.05) is 176 Å². The Labute approximate surface area is 349 Å². The molecule has 0 radical (unpaired) electrons. The van der Waals surface area contributed by atoms with E-state index in [0.717, 1.165) is 11.4 Å². The van der Waals surface area contributed by atoms with Crippen LogP contribution in [0.15, 0.2) is 218 Å². The quantitative estimate of drug-likeness (QED) is 0.166. The van der Waals surface area contributed by atoms with Crippen LogP contribution in [0.2, 0.25) is 0 Å². The predicted molar refractivity (Wildman–Crippen MR) is 252 cm³/mol. The second-order valence-electron chi connectivity index (χ2n) is 16.0. The fourth-order valence-electron chi connectivity index (χ4n) is 10.6. The second kappa shape index (κ2) is 12.8. The van der Waals surface area contributed by atoms with E-state index in [-0.39, 0.29) is 6.85 Å². The van der Waals surface area contributed by atoms with Gasteiger partial charge in [-0.2, -0.15) is 0 Å². The van der Waals surface area contributed by atoms with E-state index in [1.165, 1.54) is 100 Å². The maximum atomic E-state index is 2.71. The lowest BCUT2D eigenvalue weighted by atomic mass is 9.45. The molecule has 0 N–H and O–H groups in total. The van der Waals surface area contributed by atoms with Gasteiger partial charge in [-0.05, 0) is 81.2 Å². The number of rotatable bonds is 4. The molecule has 0 bridgehead atoms. The van der Waals surface area contributed by atoms with E-state index < -0.39 is 0 Å². The molecule has 13 rings (SSSR count). The van der Waals surface area contributed by atoms with Crippen molar-refractivity contribution in [3.8, 4) is 55.8 Å². The maximum absolute atomic E-state index is 2.71. The summed E-state index contributed by atoms with van der Waals surface area (Å²) in [6.45, 7) is -0.0850. The molecule has 1 aromatic heterocycles. The van der Waals surface area contributed by atoms with Gasteiger partial charge in [0.1, 0.15) is 0 Å². The molecule has 0 atom stereocenters. The highest BCUT2D eigenvalue weighted by Crippen LogP contribution is 2.56. The molecule has 0 unspecified atom stereocenters. The molecule has 0 amide bonds. The molecule has 60 heavy (non-hydrogen) atoms. The molecular weight excluding hydrogens is 725 g/mol. The van der Waals surface area contributed by atoms with Gasteiger partial charge >= 0.3 is 6.85 Å². The Morgan fingerprint density at radius 1 is 0.317 bits per heavy atom. The average Bonchev–Trinajstić information content (AvgIpc) is 3.62. The van der Waals surface area contributed by atoms with Crippen molar-refractivity contribution < 1.29 is 0 Å². The number of anilines is 6. The van der Waals surface area contributed by atoms with E-state index in [1.54, 1.807) is 0 Å². The van der Waals surface area contributed by atoms with E-state index in [2.05, 4.69) is 233 Å². The first-order valence-electron chi connectivity index (χ1n) is 20.8. The van der Waals surface area contributed by atoms with Crippen molar-refractivity contribution in [2.75, 3.05) is 9.80 Å². The highest BCUT2D eigenvalue weighted by molar-refractivity contribution is 6.89. The van der Waals surface area contributed by atoms with Gasteiger partial charge in [0, 0.05) is 55.9 Å². The van der Waals surface area contributed by atoms with Gasteiger partial charge in [-0.25, -0.2) is 0 Å². The van der Waals surface area contributed by atoms with Crippen LogP contribution in [-0.2, 0) is 0 Å². The van der Waals surface area contributed by atoms with Crippen molar-refractivity contribution in [2.45, 2.75) is 0 Å². The summed E-state index contributed by atoms with van der Waals surface area (Å²) in [5, 5.41) is 1.24. The molecule has 3 aliphatic rings. The van der Waals surface area contributed by atoms with Crippen LogP contribution < -0.4 is 20.7 Å². The van der Waals surface area contributed by atoms with E-state index >= 15 is 0 Å².